The van der Waals surface area contributed by atoms with Gasteiger partial charge in [-0.05, 0) is 41.5 Å². The highest BCUT2D eigenvalue weighted by Gasteiger charge is 2.07. The minimum Gasteiger partial charge on any atom is -0.496 e. The van der Waals surface area contributed by atoms with E-state index in [0.717, 1.165) is 33.7 Å². The second kappa shape index (κ2) is 9.09. The van der Waals surface area contributed by atoms with Crippen molar-refractivity contribution >= 4 is 11.9 Å². The van der Waals surface area contributed by atoms with Crippen molar-refractivity contribution in [2.75, 3.05) is 12.4 Å². The third-order valence-electron chi connectivity index (χ3n) is 4.92. The minimum absolute atomic E-state index is 0.452. The number of carbonyl (C=O) groups is 1. The van der Waals surface area contributed by atoms with Crippen LogP contribution < -0.4 is 15.8 Å². The van der Waals surface area contributed by atoms with Crippen molar-refractivity contribution in [1.29, 1.82) is 0 Å². The van der Waals surface area contributed by atoms with Crippen LogP contribution in [-0.4, -0.2) is 23.0 Å². The van der Waals surface area contributed by atoms with Crippen LogP contribution in [0.4, 0.5) is 5.95 Å². The third kappa shape index (κ3) is 4.70. The van der Waals surface area contributed by atoms with Crippen LogP contribution >= 0.6 is 0 Å². The zero-order valence-corrected chi connectivity index (χ0v) is 17.1. The van der Waals surface area contributed by atoms with E-state index in [9.17, 15) is 4.79 Å². The first-order valence-corrected chi connectivity index (χ1v) is 9.83. The number of carbonyl (C=O) groups excluding carboxylic acids is 1. The van der Waals surface area contributed by atoms with Crippen LogP contribution in [0, 0.1) is 0 Å². The number of ether oxygens (including phenoxy) is 1. The molecule has 0 aliphatic heterocycles. The number of methoxy groups -OCH3 is 1. The molecule has 3 aromatic carbocycles. The van der Waals surface area contributed by atoms with Crippen molar-refractivity contribution in [2.45, 2.75) is 6.54 Å². The van der Waals surface area contributed by atoms with Gasteiger partial charge in [-0.15, -0.1) is 0 Å². The standard InChI is InChI=1S/C25H22N4O2/c1-31-23-8-3-2-7-21(23)20-6-4-5-17(15-20)16-28-25-27-14-13-22(29-25)18-9-11-19(12-10-18)24(26)30/h2-15H,16H2,1H3,(H2,26,30)(H,27,28,29). The Hall–Kier alpha value is -4.19. The number of benzene rings is 3. The molecule has 4 rings (SSSR count). The van der Waals surface area contributed by atoms with Crippen LogP contribution in [0.2, 0.25) is 0 Å². The van der Waals surface area contributed by atoms with Gasteiger partial charge in [-0.2, -0.15) is 0 Å². The summed E-state index contributed by atoms with van der Waals surface area (Å²) >= 11 is 0. The van der Waals surface area contributed by atoms with Crippen LogP contribution in [0.3, 0.4) is 0 Å². The highest BCUT2D eigenvalue weighted by molar-refractivity contribution is 5.93. The summed E-state index contributed by atoms with van der Waals surface area (Å²) in [4.78, 5) is 20.2. The maximum atomic E-state index is 11.3. The lowest BCUT2D eigenvalue weighted by Gasteiger charge is -2.11. The predicted molar refractivity (Wildman–Crippen MR) is 122 cm³/mol. The molecule has 0 aliphatic carbocycles. The number of nitrogens with two attached hydrogens (primary N) is 1. The minimum atomic E-state index is -0.452. The van der Waals surface area contributed by atoms with E-state index in [1.807, 2.05) is 48.5 Å². The fraction of sp³-hybridized carbons (Fsp3) is 0.0800. The Morgan fingerprint density at radius 3 is 2.55 bits per heavy atom. The first kappa shape index (κ1) is 20.1. The molecule has 4 aromatic rings. The van der Waals surface area contributed by atoms with Gasteiger partial charge in [0.2, 0.25) is 11.9 Å². The average molecular weight is 410 g/mol. The van der Waals surface area contributed by atoms with Gasteiger partial charge in [0, 0.05) is 29.4 Å². The van der Waals surface area contributed by atoms with Crippen LogP contribution in [0.15, 0.2) is 85.1 Å². The van der Waals surface area contributed by atoms with Gasteiger partial charge in [-0.3, -0.25) is 4.79 Å². The first-order valence-electron chi connectivity index (χ1n) is 9.83. The number of rotatable bonds is 7. The lowest BCUT2D eigenvalue weighted by atomic mass is 10.0. The van der Waals surface area contributed by atoms with Gasteiger partial charge in [0.05, 0.1) is 12.8 Å². The van der Waals surface area contributed by atoms with E-state index >= 15 is 0 Å². The van der Waals surface area contributed by atoms with Crippen molar-refractivity contribution in [1.82, 2.24) is 9.97 Å². The third-order valence-corrected chi connectivity index (χ3v) is 4.92. The molecule has 3 N–H and O–H groups in total. The predicted octanol–water partition coefficient (Wildman–Crippen LogP) is 4.53. The average Bonchev–Trinajstić information content (AvgIpc) is 2.83. The Morgan fingerprint density at radius 2 is 1.77 bits per heavy atom. The van der Waals surface area contributed by atoms with Gasteiger partial charge in [0.15, 0.2) is 0 Å². The topological polar surface area (TPSA) is 90.1 Å². The number of anilines is 1. The summed E-state index contributed by atoms with van der Waals surface area (Å²) < 4.78 is 5.48. The van der Waals surface area contributed by atoms with Gasteiger partial charge in [0.1, 0.15) is 5.75 Å². The zero-order chi connectivity index (χ0) is 21.6. The SMILES string of the molecule is COc1ccccc1-c1cccc(CNc2nccc(-c3ccc(C(N)=O)cc3)n2)c1. The van der Waals surface area contributed by atoms with E-state index in [4.69, 9.17) is 10.5 Å². The van der Waals surface area contributed by atoms with E-state index in [1.54, 1.807) is 25.4 Å². The summed E-state index contributed by atoms with van der Waals surface area (Å²) in [5.74, 6) is 0.914. The molecule has 154 valence electrons. The molecule has 0 fully saturated rings. The lowest BCUT2D eigenvalue weighted by molar-refractivity contribution is 0.100. The molecule has 6 heteroatoms. The van der Waals surface area contributed by atoms with Gasteiger partial charge < -0.3 is 15.8 Å². The number of nitrogens with one attached hydrogen (secondary N) is 1. The van der Waals surface area contributed by atoms with Crippen molar-refractivity contribution < 1.29 is 9.53 Å². The molecule has 0 unspecified atom stereocenters. The number of para-hydroxylation sites is 1. The number of hydrogen-bond acceptors (Lipinski definition) is 5. The fourth-order valence-electron chi connectivity index (χ4n) is 3.32. The zero-order valence-electron chi connectivity index (χ0n) is 17.1. The molecular formula is C25H22N4O2. The van der Waals surface area contributed by atoms with Crippen LogP contribution in [0.25, 0.3) is 22.4 Å². The number of amides is 1. The number of aromatic nitrogens is 2. The number of nitrogens with zero attached hydrogens (tertiary/aromatic N) is 2. The summed E-state index contributed by atoms with van der Waals surface area (Å²) in [5, 5.41) is 3.28. The largest absolute Gasteiger partial charge is 0.496 e. The smallest absolute Gasteiger partial charge is 0.248 e. The quantitative estimate of drug-likeness (QED) is 0.467. The van der Waals surface area contributed by atoms with Gasteiger partial charge in [-0.25, -0.2) is 9.97 Å². The van der Waals surface area contributed by atoms with E-state index in [0.29, 0.717) is 18.1 Å². The van der Waals surface area contributed by atoms with Gasteiger partial charge in [0.25, 0.3) is 0 Å². The Kier molecular flexibility index (Phi) is 5.89. The number of primary amides is 1. The van der Waals surface area contributed by atoms with Crippen LogP contribution in [-0.2, 0) is 6.54 Å². The van der Waals surface area contributed by atoms with E-state index in [2.05, 4.69) is 33.5 Å². The molecule has 0 saturated carbocycles. The molecule has 0 aliphatic rings. The highest BCUT2D eigenvalue weighted by atomic mass is 16.5. The van der Waals surface area contributed by atoms with Gasteiger partial charge in [-0.1, -0.05) is 48.5 Å². The number of hydrogen-bond donors (Lipinski definition) is 2. The molecule has 6 nitrogen and oxygen atoms in total. The van der Waals surface area contributed by atoms with Crippen molar-refractivity contribution in [3.05, 3.63) is 96.2 Å². The molecule has 1 heterocycles. The Bertz CT molecular complexity index is 1210. The Balaban J connectivity index is 1.50. The first-order chi connectivity index (χ1) is 15.1. The maximum absolute atomic E-state index is 11.3. The van der Waals surface area contributed by atoms with Crippen LogP contribution in [0.5, 0.6) is 5.75 Å². The molecule has 1 amide bonds. The Morgan fingerprint density at radius 1 is 0.968 bits per heavy atom. The fourth-order valence-corrected chi connectivity index (χ4v) is 3.32. The molecule has 0 atom stereocenters. The van der Waals surface area contributed by atoms with Crippen molar-refractivity contribution in [3.63, 3.8) is 0 Å². The maximum Gasteiger partial charge on any atom is 0.248 e. The molecule has 0 bridgehead atoms. The molecule has 0 radical (unpaired) electrons. The van der Waals surface area contributed by atoms with E-state index in [1.165, 1.54) is 0 Å². The second-order valence-corrected chi connectivity index (χ2v) is 6.96. The van der Waals surface area contributed by atoms with E-state index in [-0.39, 0.29) is 0 Å². The Labute approximate surface area is 180 Å². The van der Waals surface area contributed by atoms with Crippen LogP contribution in [0.1, 0.15) is 15.9 Å². The summed E-state index contributed by atoms with van der Waals surface area (Å²) in [6.07, 6.45) is 1.71. The monoisotopic (exact) mass is 410 g/mol. The molecule has 31 heavy (non-hydrogen) atoms. The van der Waals surface area contributed by atoms with Crippen molar-refractivity contribution in [2.24, 2.45) is 5.73 Å². The molecule has 1 aromatic heterocycles. The van der Waals surface area contributed by atoms with Crippen molar-refractivity contribution in [3.8, 4) is 28.1 Å². The molecule has 0 spiro atoms. The second-order valence-electron chi connectivity index (χ2n) is 6.96. The summed E-state index contributed by atoms with van der Waals surface area (Å²) in [5.41, 5.74) is 10.6. The highest BCUT2D eigenvalue weighted by Crippen LogP contribution is 2.30. The van der Waals surface area contributed by atoms with E-state index < -0.39 is 5.91 Å². The normalized spacial score (nSPS) is 10.5. The molecular weight excluding hydrogens is 388 g/mol. The van der Waals surface area contributed by atoms with Gasteiger partial charge >= 0.3 is 0 Å². The summed E-state index contributed by atoms with van der Waals surface area (Å²) in [6, 6.07) is 25.1. The molecule has 0 saturated heterocycles. The summed E-state index contributed by atoms with van der Waals surface area (Å²) in [7, 11) is 1.68. The lowest BCUT2D eigenvalue weighted by Crippen LogP contribution is -2.10. The summed E-state index contributed by atoms with van der Waals surface area (Å²) in [6.45, 7) is 0.576.